The molecule has 0 aromatic rings. The van der Waals surface area contributed by atoms with Gasteiger partial charge in [0.2, 0.25) is 10.0 Å². The lowest BCUT2D eigenvalue weighted by molar-refractivity contribution is 0.430. The monoisotopic (exact) mass is 176 g/mol. The van der Waals surface area contributed by atoms with Crippen molar-refractivity contribution in [1.82, 2.24) is 4.31 Å². The van der Waals surface area contributed by atoms with Gasteiger partial charge in [-0.2, -0.15) is 0 Å². The van der Waals surface area contributed by atoms with Gasteiger partial charge in [0, 0.05) is 13.1 Å². The van der Waals surface area contributed by atoms with Gasteiger partial charge in [0.05, 0.1) is 6.26 Å². The highest BCUT2D eigenvalue weighted by molar-refractivity contribution is 7.90. The van der Waals surface area contributed by atoms with Gasteiger partial charge in [-0.05, 0) is 12.8 Å². The van der Waals surface area contributed by atoms with Crippen LogP contribution in [-0.2, 0) is 10.0 Å². The molecule has 1 rings (SSSR count). The molecular formula is C7H14NO2S. The van der Waals surface area contributed by atoms with Crippen molar-refractivity contribution in [2.75, 3.05) is 13.1 Å². The lowest BCUT2D eigenvalue weighted by Gasteiger charge is -2.15. The Bertz CT molecular complexity index is 202. The van der Waals surface area contributed by atoms with Crippen molar-refractivity contribution in [2.24, 2.45) is 0 Å². The molecule has 1 heterocycles. The molecule has 0 bridgehead atoms. The van der Waals surface area contributed by atoms with E-state index >= 15 is 0 Å². The van der Waals surface area contributed by atoms with Gasteiger partial charge in [0.25, 0.3) is 0 Å². The largest absolute Gasteiger partial charge is 0.215 e. The van der Waals surface area contributed by atoms with Crippen molar-refractivity contribution in [3.8, 4) is 0 Å². The third-order valence-corrected chi connectivity index (χ3v) is 3.11. The number of nitrogens with zero attached hydrogens (tertiary/aromatic N) is 1. The summed E-state index contributed by atoms with van der Waals surface area (Å²) < 4.78 is 23.4. The molecule has 0 aliphatic carbocycles. The smallest absolute Gasteiger partial charge is 0.212 e. The SMILES string of the molecule is [CH2]S(=O)(=O)N1CCCCCC1. The number of hydrogen-bond donors (Lipinski definition) is 0. The molecule has 11 heavy (non-hydrogen) atoms. The van der Waals surface area contributed by atoms with Gasteiger partial charge in [-0.1, -0.05) is 12.8 Å². The van der Waals surface area contributed by atoms with Gasteiger partial charge in [-0.25, -0.2) is 12.7 Å². The van der Waals surface area contributed by atoms with E-state index in [1.807, 2.05) is 0 Å². The lowest BCUT2D eigenvalue weighted by Crippen LogP contribution is -2.29. The van der Waals surface area contributed by atoms with E-state index in [1.54, 1.807) is 0 Å². The van der Waals surface area contributed by atoms with Gasteiger partial charge in [-0.3, -0.25) is 0 Å². The number of hydrogen-bond acceptors (Lipinski definition) is 2. The molecule has 65 valence electrons. The second-order valence-electron chi connectivity index (χ2n) is 2.93. The molecule has 1 radical (unpaired) electrons. The summed E-state index contributed by atoms with van der Waals surface area (Å²) >= 11 is 0. The maximum Gasteiger partial charge on any atom is 0.215 e. The third-order valence-electron chi connectivity index (χ3n) is 1.96. The number of sulfonamides is 1. The van der Waals surface area contributed by atoms with Crippen LogP contribution in [0.5, 0.6) is 0 Å². The molecule has 0 aromatic carbocycles. The second kappa shape index (κ2) is 3.54. The van der Waals surface area contributed by atoms with Gasteiger partial charge < -0.3 is 0 Å². The van der Waals surface area contributed by atoms with Crippen LogP contribution in [0.3, 0.4) is 0 Å². The van der Waals surface area contributed by atoms with E-state index in [-0.39, 0.29) is 0 Å². The van der Waals surface area contributed by atoms with Crippen LogP contribution in [0.25, 0.3) is 0 Å². The Kier molecular flexibility index (Phi) is 2.90. The Morgan fingerprint density at radius 3 is 1.82 bits per heavy atom. The minimum atomic E-state index is -3.17. The Balaban J connectivity index is 2.57. The fraction of sp³-hybridized carbons (Fsp3) is 0.857. The summed E-state index contributed by atoms with van der Waals surface area (Å²) in [5.41, 5.74) is 0. The van der Waals surface area contributed by atoms with E-state index in [0.29, 0.717) is 13.1 Å². The van der Waals surface area contributed by atoms with Crippen LogP contribution in [0.2, 0.25) is 0 Å². The first kappa shape index (κ1) is 9.00. The molecule has 0 unspecified atom stereocenters. The molecule has 4 heteroatoms. The molecular weight excluding hydrogens is 162 g/mol. The molecule has 3 nitrogen and oxygen atoms in total. The van der Waals surface area contributed by atoms with Crippen molar-refractivity contribution >= 4 is 10.0 Å². The third kappa shape index (κ3) is 2.79. The van der Waals surface area contributed by atoms with Crippen LogP contribution in [0.15, 0.2) is 0 Å². The van der Waals surface area contributed by atoms with Crippen LogP contribution in [0.1, 0.15) is 25.7 Å². The van der Waals surface area contributed by atoms with Crippen LogP contribution in [-0.4, -0.2) is 25.8 Å². The Labute approximate surface area is 68.4 Å². The molecule has 0 spiro atoms. The van der Waals surface area contributed by atoms with E-state index in [4.69, 9.17) is 0 Å². The topological polar surface area (TPSA) is 37.4 Å². The minimum Gasteiger partial charge on any atom is -0.212 e. The Morgan fingerprint density at radius 2 is 1.45 bits per heavy atom. The zero-order chi connectivity index (χ0) is 8.32. The van der Waals surface area contributed by atoms with E-state index in [9.17, 15) is 8.42 Å². The molecule has 1 fully saturated rings. The highest BCUT2D eigenvalue weighted by Crippen LogP contribution is 2.12. The molecule has 1 aliphatic rings. The first-order valence-corrected chi connectivity index (χ1v) is 5.55. The van der Waals surface area contributed by atoms with Gasteiger partial charge in [-0.15, -0.1) is 0 Å². The van der Waals surface area contributed by atoms with Gasteiger partial charge in [0.1, 0.15) is 0 Å². The van der Waals surface area contributed by atoms with Gasteiger partial charge >= 0.3 is 0 Å². The normalized spacial score (nSPS) is 23.0. The minimum absolute atomic E-state index is 0.659. The molecule has 0 amide bonds. The fourth-order valence-corrected chi connectivity index (χ4v) is 2.13. The maximum atomic E-state index is 11.0. The van der Waals surface area contributed by atoms with E-state index in [0.717, 1.165) is 25.7 Å². The van der Waals surface area contributed by atoms with Gasteiger partial charge in [0.15, 0.2) is 0 Å². The number of rotatable bonds is 1. The fourth-order valence-electron chi connectivity index (χ4n) is 1.32. The molecule has 0 saturated carbocycles. The quantitative estimate of drug-likeness (QED) is 0.597. The zero-order valence-electron chi connectivity index (χ0n) is 6.62. The van der Waals surface area contributed by atoms with E-state index < -0.39 is 10.0 Å². The maximum absolute atomic E-state index is 11.0. The second-order valence-corrected chi connectivity index (χ2v) is 4.61. The van der Waals surface area contributed by atoms with Crippen LogP contribution < -0.4 is 0 Å². The van der Waals surface area contributed by atoms with Crippen LogP contribution in [0.4, 0.5) is 0 Å². The summed E-state index contributed by atoms with van der Waals surface area (Å²) in [6, 6.07) is 0. The van der Waals surface area contributed by atoms with Crippen molar-refractivity contribution in [3.63, 3.8) is 0 Å². The molecule has 1 aliphatic heterocycles. The predicted molar refractivity (Wildman–Crippen MR) is 44.3 cm³/mol. The van der Waals surface area contributed by atoms with Crippen molar-refractivity contribution < 1.29 is 8.42 Å². The van der Waals surface area contributed by atoms with E-state index in [1.165, 1.54) is 4.31 Å². The molecule has 0 aromatic heterocycles. The highest BCUT2D eigenvalue weighted by atomic mass is 32.2. The average Bonchev–Trinajstić information content (AvgIpc) is 2.10. The molecule has 0 atom stereocenters. The molecule has 1 saturated heterocycles. The molecule has 0 N–H and O–H groups in total. The van der Waals surface area contributed by atoms with Crippen molar-refractivity contribution in [1.29, 1.82) is 0 Å². The summed E-state index contributed by atoms with van der Waals surface area (Å²) in [7, 11) is -3.17. The Hall–Kier alpha value is -0.0900. The first-order chi connectivity index (χ1) is 5.11. The highest BCUT2D eigenvalue weighted by Gasteiger charge is 2.17. The average molecular weight is 176 g/mol. The predicted octanol–water partition coefficient (Wildman–Crippen LogP) is 0.984. The summed E-state index contributed by atoms with van der Waals surface area (Å²) in [6.07, 6.45) is 7.39. The van der Waals surface area contributed by atoms with Crippen molar-refractivity contribution in [3.05, 3.63) is 6.26 Å². The first-order valence-electron chi connectivity index (χ1n) is 3.94. The van der Waals surface area contributed by atoms with Crippen LogP contribution >= 0.6 is 0 Å². The summed E-state index contributed by atoms with van der Waals surface area (Å²) in [6.45, 7) is 1.32. The zero-order valence-corrected chi connectivity index (χ0v) is 7.44. The summed E-state index contributed by atoms with van der Waals surface area (Å²) in [5.74, 6) is 0. The van der Waals surface area contributed by atoms with Crippen LogP contribution in [0, 0.1) is 6.26 Å². The standard InChI is InChI=1S/C7H14NO2S/c1-11(9,10)8-6-4-2-3-5-7-8/h1-7H2. The summed E-state index contributed by atoms with van der Waals surface area (Å²) in [5, 5.41) is 0. The lowest BCUT2D eigenvalue weighted by atomic mass is 10.2. The summed E-state index contributed by atoms with van der Waals surface area (Å²) in [4.78, 5) is 0. The Morgan fingerprint density at radius 1 is 1.00 bits per heavy atom. The van der Waals surface area contributed by atoms with E-state index in [2.05, 4.69) is 6.26 Å². The van der Waals surface area contributed by atoms with Crippen molar-refractivity contribution in [2.45, 2.75) is 25.7 Å².